The van der Waals surface area contributed by atoms with Crippen molar-refractivity contribution in [1.29, 1.82) is 0 Å². The minimum atomic E-state index is 0.958. The Hall–Kier alpha value is -1.91. The van der Waals surface area contributed by atoms with Gasteiger partial charge in [-0.2, -0.15) is 0 Å². The van der Waals surface area contributed by atoms with E-state index in [0.29, 0.717) is 0 Å². The molecule has 1 aromatic heterocycles. The Morgan fingerprint density at radius 2 is 1.62 bits per heavy atom. The van der Waals surface area contributed by atoms with Gasteiger partial charge in [0.05, 0.1) is 4.88 Å². The molecule has 0 bridgehead atoms. The van der Waals surface area contributed by atoms with Gasteiger partial charge in [0.1, 0.15) is 18.8 Å². The van der Waals surface area contributed by atoms with Crippen LogP contribution in [0.15, 0.2) is 65.7 Å². The van der Waals surface area contributed by atoms with E-state index in [-0.39, 0.29) is 0 Å². The number of nitrogens with zero attached hydrogens (tertiary/aromatic N) is 2. The number of fused-ring (bicyclic) bond motifs is 1. The molecule has 0 aliphatic carbocycles. The van der Waals surface area contributed by atoms with E-state index in [1.807, 2.05) is 6.07 Å². The number of hydrogen-bond donors (Lipinski definition) is 0. The number of hydrogen-bond acceptors (Lipinski definition) is 3. The summed E-state index contributed by atoms with van der Waals surface area (Å²) in [6, 6.07) is 20.9. The second kappa shape index (κ2) is 5.13. The zero-order chi connectivity index (χ0) is 14.2. The van der Waals surface area contributed by atoms with Crippen molar-refractivity contribution in [3.63, 3.8) is 0 Å². The van der Waals surface area contributed by atoms with Gasteiger partial charge in [-0.05, 0) is 29.0 Å². The molecule has 0 amide bonds. The van der Waals surface area contributed by atoms with Crippen molar-refractivity contribution in [3.05, 3.63) is 60.7 Å². The SMILES string of the molecule is [S-]c1c(-c2ccccc2)sc2[n+]1CCN2c1ccccc1. The predicted molar refractivity (Wildman–Crippen MR) is 89.0 cm³/mol. The van der Waals surface area contributed by atoms with Crippen LogP contribution in [0.3, 0.4) is 0 Å². The van der Waals surface area contributed by atoms with Crippen LogP contribution in [-0.2, 0) is 19.2 Å². The average Bonchev–Trinajstić information content (AvgIpc) is 3.10. The maximum Gasteiger partial charge on any atom is 0.340 e. The molecule has 0 spiro atoms. The lowest BCUT2D eigenvalue weighted by atomic mass is 10.2. The molecule has 0 saturated heterocycles. The van der Waals surface area contributed by atoms with Crippen LogP contribution in [0.5, 0.6) is 0 Å². The minimum absolute atomic E-state index is 0.958. The van der Waals surface area contributed by atoms with Crippen molar-refractivity contribution in [3.8, 4) is 10.4 Å². The molecule has 0 fully saturated rings. The molecule has 0 atom stereocenters. The van der Waals surface area contributed by atoms with Gasteiger partial charge in [0, 0.05) is 5.03 Å². The van der Waals surface area contributed by atoms with Gasteiger partial charge in [0.2, 0.25) is 0 Å². The lowest BCUT2D eigenvalue weighted by molar-refractivity contribution is -0.702. The fourth-order valence-corrected chi connectivity index (χ4v) is 4.42. The van der Waals surface area contributed by atoms with Gasteiger partial charge >= 0.3 is 5.13 Å². The highest BCUT2D eigenvalue weighted by atomic mass is 32.1. The Kier molecular flexibility index (Phi) is 3.13. The number of anilines is 2. The Morgan fingerprint density at radius 1 is 0.952 bits per heavy atom. The van der Waals surface area contributed by atoms with Gasteiger partial charge in [0.15, 0.2) is 0 Å². The van der Waals surface area contributed by atoms with Crippen LogP contribution in [0.1, 0.15) is 0 Å². The summed E-state index contributed by atoms with van der Waals surface area (Å²) in [5, 5.41) is 2.20. The van der Waals surface area contributed by atoms with Crippen molar-refractivity contribution in [1.82, 2.24) is 0 Å². The largest absolute Gasteiger partial charge is 0.736 e. The zero-order valence-electron chi connectivity index (χ0n) is 11.4. The summed E-state index contributed by atoms with van der Waals surface area (Å²) in [5.41, 5.74) is 2.45. The topological polar surface area (TPSA) is 7.12 Å². The molecule has 2 aromatic carbocycles. The Labute approximate surface area is 133 Å². The molecule has 3 aromatic rings. The number of benzene rings is 2. The molecule has 0 unspecified atom stereocenters. The molecule has 2 heterocycles. The van der Waals surface area contributed by atoms with Gasteiger partial charge in [0.25, 0.3) is 0 Å². The van der Waals surface area contributed by atoms with Crippen LogP contribution in [-0.4, -0.2) is 6.54 Å². The maximum absolute atomic E-state index is 5.68. The third-order valence-corrected chi connectivity index (χ3v) is 5.56. The third kappa shape index (κ3) is 2.11. The fourth-order valence-electron chi connectivity index (χ4n) is 2.71. The van der Waals surface area contributed by atoms with E-state index in [1.165, 1.54) is 21.3 Å². The molecule has 0 N–H and O–H groups in total. The quantitative estimate of drug-likeness (QED) is 0.525. The van der Waals surface area contributed by atoms with Gasteiger partial charge < -0.3 is 12.6 Å². The highest BCUT2D eigenvalue weighted by Gasteiger charge is 2.33. The van der Waals surface area contributed by atoms with Gasteiger partial charge in [-0.15, -0.1) is 0 Å². The highest BCUT2D eigenvalue weighted by Crippen LogP contribution is 2.38. The number of aromatic nitrogens is 1. The second-order valence-electron chi connectivity index (χ2n) is 5.02. The maximum atomic E-state index is 5.68. The summed E-state index contributed by atoms with van der Waals surface area (Å²) in [4.78, 5) is 3.55. The van der Waals surface area contributed by atoms with E-state index >= 15 is 0 Å². The normalized spacial score (nSPS) is 13.4. The standard InChI is InChI=1S/C17H14N2S2/c20-16-15(13-7-3-1-4-8-13)21-17-18(11-12-19(16)17)14-9-5-2-6-10-14/h1-10H,11-12H2. The lowest BCUT2D eigenvalue weighted by Crippen LogP contribution is -2.31. The summed E-state index contributed by atoms with van der Waals surface area (Å²) in [7, 11) is 0. The van der Waals surface area contributed by atoms with E-state index < -0.39 is 0 Å². The highest BCUT2D eigenvalue weighted by molar-refractivity contribution is 7.59. The molecule has 2 nitrogen and oxygen atoms in total. The smallest absolute Gasteiger partial charge is 0.340 e. The van der Waals surface area contributed by atoms with Crippen LogP contribution in [0.4, 0.5) is 10.8 Å². The van der Waals surface area contributed by atoms with Crippen LogP contribution in [0, 0.1) is 0 Å². The summed E-state index contributed by atoms with van der Waals surface area (Å²) in [5.74, 6) is 0. The fraction of sp³-hybridized carbons (Fsp3) is 0.118. The van der Waals surface area contributed by atoms with Gasteiger partial charge in [-0.1, -0.05) is 48.5 Å². The first kappa shape index (κ1) is 12.8. The first-order valence-electron chi connectivity index (χ1n) is 6.96. The molecule has 1 aliphatic heterocycles. The van der Waals surface area contributed by atoms with Crippen molar-refractivity contribution in [2.24, 2.45) is 0 Å². The first-order chi connectivity index (χ1) is 10.3. The molecule has 0 saturated carbocycles. The molecule has 4 rings (SSSR count). The second-order valence-corrected chi connectivity index (χ2v) is 6.39. The molecule has 104 valence electrons. The summed E-state index contributed by atoms with van der Waals surface area (Å²) >= 11 is 7.47. The van der Waals surface area contributed by atoms with Gasteiger partial charge in [-0.3, -0.25) is 0 Å². The monoisotopic (exact) mass is 310 g/mol. The molecule has 0 radical (unpaired) electrons. The third-order valence-electron chi connectivity index (χ3n) is 3.75. The van der Waals surface area contributed by atoms with Crippen molar-refractivity contribution in [2.45, 2.75) is 11.6 Å². The number of para-hydroxylation sites is 1. The van der Waals surface area contributed by atoms with Crippen LogP contribution >= 0.6 is 11.3 Å². The summed E-state index contributed by atoms with van der Waals surface area (Å²) < 4.78 is 2.26. The molecule has 4 heteroatoms. The lowest BCUT2D eigenvalue weighted by Gasteiger charge is -2.07. The Morgan fingerprint density at radius 3 is 2.33 bits per heavy atom. The zero-order valence-corrected chi connectivity index (χ0v) is 13.0. The van der Waals surface area contributed by atoms with E-state index in [0.717, 1.165) is 18.1 Å². The van der Waals surface area contributed by atoms with Crippen molar-refractivity contribution < 1.29 is 4.57 Å². The van der Waals surface area contributed by atoms with Crippen LogP contribution < -0.4 is 9.47 Å². The average molecular weight is 310 g/mol. The van der Waals surface area contributed by atoms with E-state index in [2.05, 4.69) is 64.1 Å². The molecule has 1 aliphatic rings. The Bertz CT molecular complexity index is 766. The predicted octanol–water partition coefficient (Wildman–Crippen LogP) is 3.76. The Balaban J connectivity index is 1.80. The van der Waals surface area contributed by atoms with Crippen LogP contribution in [0.2, 0.25) is 0 Å². The minimum Gasteiger partial charge on any atom is -0.736 e. The molecule has 21 heavy (non-hydrogen) atoms. The van der Waals surface area contributed by atoms with Gasteiger partial charge in [-0.25, -0.2) is 9.47 Å². The van der Waals surface area contributed by atoms with Crippen LogP contribution in [0.25, 0.3) is 10.4 Å². The number of rotatable bonds is 2. The van der Waals surface area contributed by atoms with E-state index in [1.54, 1.807) is 11.3 Å². The van der Waals surface area contributed by atoms with Crippen molar-refractivity contribution >= 4 is 34.8 Å². The number of thiazole rings is 1. The van der Waals surface area contributed by atoms with E-state index in [4.69, 9.17) is 12.6 Å². The molecular weight excluding hydrogens is 296 g/mol. The molecular formula is C17H14N2S2. The first-order valence-corrected chi connectivity index (χ1v) is 8.19. The summed E-state index contributed by atoms with van der Waals surface area (Å²) in [6.07, 6.45) is 0. The summed E-state index contributed by atoms with van der Waals surface area (Å²) in [6.45, 7) is 1.96. The van der Waals surface area contributed by atoms with Crippen molar-refractivity contribution in [2.75, 3.05) is 11.4 Å². The van der Waals surface area contributed by atoms with E-state index in [9.17, 15) is 0 Å².